The summed E-state index contributed by atoms with van der Waals surface area (Å²) in [5.74, 6) is 0.312. The molecule has 38 heavy (non-hydrogen) atoms. The van der Waals surface area contributed by atoms with Crippen molar-refractivity contribution < 1.29 is 18.9 Å². The molecule has 1 saturated heterocycles. The Morgan fingerprint density at radius 1 is 1.08 bits per heavy atom. The lowest BCUT2D eigenvalue weighted by Crippen LogP contribution is -2.52. The highest BCUT2D eigenvalue weighted by atomic mass is 19.1. The molecular weight excluding hydrogens is 478 g/mol. The summed E-state index contributed by atoms with van der Waals surface area (Å²) in [7, 11) is 1.81. The van der Waals surface area contributed by atoms with Gasteiger partial charge in [0.1, 0.15) is 5.82 Å². The van der Waals surface area contributed by atoms with E-state index in [9.17, 15) is 14.3 Å². The number of unbranched alkanes of at least 4 members (excludes halogenated alkanes) is 1. The first-order valence-corrected chi connectivity index (χ1v) is 14.6. The number of piperidine rings is 1. The van der Waals surface area contributed by atoms with Crippen LogP contribution in [0, 0.1) is 17.2 Å². The molecule has 1 aromatic rings. The SMILES string of the molecule is CC(C)(C)NC(=O)C(C)(CCCC[B]OC(C)(C)C(C)(C)O)C1CCN(C2CCc3ccc(F)cc32)CC1. The van der Waals surface area contributed by atoms with Crippen molar-refractivity contribution in [1.82, 2.24) is 10.2 Å². The summed E-state index contributed by atoms with van der Waals surface area (Å²) < 4.78 is 19.8. The van der Waals surface area contributed by atoms with Gasteiger partial charge in [-0.1, -0.05) is 32.2 Å². The molecule has 0 aromatic heterocycles. The molecule has 3 rings (SSSR count). The first kappa shape index (κ1) is 31.1. The highest BCUT2D eigenvalue weighted by molar-refractivity contribution is 6.27. The third kappa shape index (κ3) is 7.60. The average molecular weight is 530 g/mol. The maximum absolute atomic E-state index is 14.0. The van der Waals surface area contributed by atoms with Gasteiger partial charge in [-0.15, -0.1) is 0 Å². The van der Waals surface area contributed by atoms with E-state index in [0.29, 0.717) is 12.0 Å². The van der Waals surface area contributed by atoms with E-state index >= 15 is 0 Å². The number of halogens is 1. The van der Waals surface area contributed by atoms with Gasteiger partial charge in [0.05, 0.1) is 11.2 Å². The van der Waals surface area contributed by atoms with E-state index in [1.807, 2.05) is 48.2 Å². The Balaban J connectivity index is 1.59. The molecule has 2 aliphatic rings. The second-order valence-corrected chi connectivity index (χ2v) is 13.9. The zero-order valence-electron chi connectivity index (χ0n) is 25.1. The fourth-order valence-electron chi connectivity index (χ4n) is 5.90. The summed E-state index contributed by atoms with van der Waals surface area (Å²) >= 11 is 0. The van der Waals surface area contributed by atoms with Crippen LogP contribution in [-0.4, -0.2) is 53.2 Å². The van der Waals surface area contributed by atoms with Crippen molar-refractivity contribution in [3.8, 4) is 0 Å². The lowest BCUT2D eigenvalue weighted by molar-refractivity contribution is -0.137. The van der Waals surface area contributed by atoms with E-state index < -0.39 is 16.6 Å². The Kier molecular flexibility index (Phi) is 9.80. The maximum Gasteiger partial charge on any atom is 0.293 e. The molecule has 2 unspecified atom stereocenters. The molecule has 1 amide bonds. The molecule has 1 radical (unpaired) electrons. The number of fused-ring (bicyclic) bond motifs is 1. The zero-order valence-corrected chi connectivity index (χ0v) is 25.1. The first-order valence-electron chi connectivity index (χ1n) is 14.6. The summed E-state index contributed by atoms with van der Waals surface area (Å²) in [6.45, 7) is 17.5. The topological polar surface area (TPSA) is 61.8 Å². The van der Waals surface area contributed by atoms with Gasteiger partial charge < -0.3 is 15.1 Å². The molecule has 7 heteroatoms. The number of nitrogens with zero attached hydrogens (tertiary/aromatic N) is 1. The smallest absolute Gasteiger partial charge is 0.293 e. The van der Waals surface area contributed by atoms with Crippen molar-refractivity contribution in [2.75, 3.05) is 13.1 Å². The molecular formula is C31H51BFN2O3. The number of hydrogen-bond donors (Lipinski definition) is 2. The molecule has 2 atom stereocenters. The van der Waals surface area contributed by atoms with Crippen LogP contribution in [0.2, 0.25) is 6.32 Å². The molecule has 0 bridgehead atoms. The Bertz CT molecular complexity index is 947. The molecule has 1 fully saturated rings. The quantitative estimate of drug-likeness (QED) is 0.264. The predicted molar refractivity (Wildman–Crippen MR) is 154 cm³/mol. The van der Waals surface area contributed by atoms with Gasteiger partial charge >= 0.3 is 0 Å². The van der Waals surface area contributed by atoms with E-state index in [4.69, 9.17) is 4.65 Å². The number of benzene rings is 1. The van der Waals surface area contributed by atoms with E-state index in [-0.39, 0.29) is 17.3 Å². The van der Waals surface area contributed by atoms with Crippen LogP contribution < -0.4 is 5.32 Å². The van der Waals surface area contributed by atoms with Crippen molar-refractivity contribution >= 4 is 13.4 Å². The van der Waals surface area contributed by atoms with E-state index in [0.717, 1.165) is 69.9 Å². The van der Waals surface area contributed by atoms with Gasteiger partial charge in [0.15, 0.2) is 0 Å². The van der Waals surface area contributed by atoms with Crippen LogP contribution in [0.25, 0.3) is 0 Å². The van der Waals surface area contributed by atoms with Gasteiger partial charge in [-0.2, -0.15) is 0 Å². The minimum atomic E-state index is -0.934. The molecule has 1 aromatic carbocycles. The average Bonchev–Trinajstić information content (AvgIpc) is 3.22. The van der Waals surface area contributed by atoms with E-state index in [1.54, 1.807) is 26.0 Å². The first-order chi connectivity index (χ1) is 17.5. The predicted octanol–water partition coefficient (Wildman–Crippen LogP) is 6.22. The third-order valence-corrected chi connectivity index (χ3v) is 9.15. The summed E-state index contributed by atoms with van der Waals surface area (Å²) in [6.07, 6.45) is 7.50. The number of likely N-dealkylation sites (tertiary alicyclic amines) is 1. The molecule has 2 N–H and O–H groups in total. The van der Waals surface area contributed by atoms with Crippen LogP contribution in [-0.2, 0) is 15.9 Å². The summed E-state index contributed by atoms with van der Waals surface area (Å²) in [5.41, 5.74) is 0.125. The molecule has 213 valence electrons. The number of hydrogen-bond acceptors (Lipinski definition) is 4. The van der Waals surface area contributed by atoms with Gasteiger partial charge in [-0.25, -0.2) is 4.39 Å². The Morgan fingerprint density at radius 3 is 2.34 bits per heavy atom. The number of carbonyl (C=O) groups excluding carboxylic acids is 1. The van der Waals surface area contributed by atoms with Crippen molar-refractivity contribution in [1.29, 1.82) is 0 Å². The zero-order chi connectivity index (χ0) is 28.4. The largest absolute Gasteiger partial charge is 0.433 e. The van der Waals surface area contributed by atoms with Crippen molar-refractivity contribution in [3.05, 3.63) is 35.1 Å². The number of aliphatic hydroxyl groups is 1. The fraction of sp³-hybridized carbons (Fsp3) is 0.774. The highest BCUT2D eigenvalue weighted by Gasteiger charge is 2.44. The van der Waals surface area contributed by atoms with Crippen molar-refractivity contribution in [2.45, 2.75) is 129 Å². The minimum absolute atomic E-state index is 0.150. The van der Waals surface area contributed by atoms with Crippen LogP contribution >= 0.6 is 0 Å². The maximum atomic E-state index is 14.0. The van der Waals surface area contributed by atoms with Gasteiger partial charge in [0.2, 0.25) is 5.91 Å². The summed E-state index contributed by atoms with van der Waals surface area (Å²) in [5, 5.41) is 13.6. The lowest BCUT2D eigenvalue weighted by Gasteiger charge is -2.44. The highest BCUT2D eigenvalue weighted by Crippen LogP contribution is 2.44. The van der Waals surface area contributed by atoms with Crippen LogP contribution in [0.5, 0.6) is 0 Å². The molecule has 1 aliphatic heterocycles. The van der Waals surface area contributed by atoms with E-state index in [1.165, 1.54) is 5.56 Å². The lowest BCUT2D eigenvalue weighted by atomic mass is 9.68. The molecule has 0 saturated carbocycles. The second-order valence-electron chi connectivity index (χ2n) is 13.9. The van der Waals surface area contributed by atoms with Gasteiger partial charge in [0.25, 0.3) is 7.48 Å². The van der Waals surface area contributed by atoms with Crippen molar-refractivity contribution in [3.63, 3.8) is 0 Å². The Hall–Kier alpha value is -1.44. The van der Waals surface area contributed by atoms with E-state index in [2.05, 4.69) is 17.1 Å². The standard InChI is InChI=1S/C31H51BFN2O3/c1-28(2,3)34-27(36)31(8,17-9-10-18-32-38-30(6,7)29(4,5)37)23-15-19-35(20-16-23)26-14-12-22-11-13-24(33)21-25(22)26/h11,13,21,23,26,37H,9-10,12,14-20H2,1-8H3,(H,34,36). The minimum Gasteiger partial charge on any atom is -0.433 e. The Morgan fingerprint density at radius 2 is 1.74 bits per heavy atom. The number of aryl methyl sites for hydroxylation is 1. The Labute approximate surface area is 231 Å². The fourth-order valence-corrected chi connectivity index (χ4v) is 5.90. The van der Waals surface area contributed by atoms with Crippen LogP contribution in [0.3, 0.4) is 0 Å². The number of carbonyl (C=O) groups is 1. The number of nitrogens with one attached hydrogen (secondary N) is 1. The molecule has 1 heterocycles. The van der Waals surface area contributed by atoms with Gasteiger partial charge in [-0.3, -0.25) is 9.69 Å². The van der Waals surface area contributed by atoms with Crippen LogP contribution in [0.15, 0.2) is 18.2 Å². The monoisotopic (exact) mass is 529 g/mol. The normalized spacial score (nSPS) is 21.2. The summed E-state index contributed by atoms with van der Waals surface area (Å²) in [6, 6.07) is 5.54. The number of amides is 1. The third-order valence-electron chi connectivity index (χ3n) is 9.15. The molecule has 5 nitrogen and oxygen atoms in total. The molecule has 1 aliphatic carbocycles. The van der Waals surface area contributed by atoms with Crippen LogP contribution in [0.4, 0.5) is 4.39 Å². The second kappa shape index (κ2) is 12.0. The van der Waals surface area contributed by atoms with Gasteiger partial charge in [0, 0.05) is 17.0 Å². The molecule has 0 spiro atoms. The van der Waals surface area contributed by atoms with Crippen molar-refractivity contribution in [2.24, 2.45) is 11.3 Å². The number of rotatable bonds is 11. The van der Waals surface area contributed by atoms with Crippen LogP contribution in [0.1, 0.15) is 111 Å². The van der Waals surface area contributed by atoms with Gasteiger partial charge in [-0.05, 0) is 123 Å². The summed E-state index contributed by atoms with van der Waals surface area (Å²) in [4.78, 5) is 16.2.